The number of carbonyl (C=O) groups excluding carboxylic acids is 2. The van der Waals surface area contributed by atoms with Crippen LogP contribution in [0, 0.1) is 0 Å². The van der Waals surface area contributed by atoms with Crippen molar-refractivity contribution in [3.8, 4) is 11.5 Å². The van der Waals surface area contributed by atoms with Crippen molar-refractivity contribution < 1.29 is 26.8 Å². The fourth-order valence-corrected chi connectivity index (χ4v) is 4.59. The Balaban J connectivity index is 1.39. The minimum Gasteiger partial charge on any atom is -0.444 e. The fraction of sp³-hybridized carbons (Fsp3) is 0.0556. The van der Waals surface area contributed by atoms with Crippen LogP contribution in [-0.2, 0) is 21.2 Å². The largest absolute Gasteiger partial charge is 0.444 e. The fourth-order valence-electron chi connectivity index (χ4n) is 2.55. The van der Waals surface area contributed by atoms with Gasteiger partial charge in [0, 0.05) is 10.9 Å². The number of halogens is 1. The first-order valence-electron chi connectivity index (χ1n) is 8.73. The maximum atomic E-state index is 12.6. The number of anilines is 1. The second kappa shape index (κ2) is 9.02. The molecule has 2 N–H and O–H groups in total. The molecular formula is C18H12BrN5O6S2. The molecule has 11 nitrogen and oxygen atoms in total. The summed E-state index contributed by atoms with van der Waals surface area (Å²) in [5.41, 5.74) is 0.680. The normalized spacial score (nSPS) is 11.3. The van der Waals surface area contributed by atoms with Gasteiger partial charge in [-0.25, -0.2) is 18.1 Å². The molecule has 0 unspecified atom stereocenters. The van der Waals surface area contributed by atoms with Gasteiger partial charge in [-0.2, -0.15) is 0 Å². The van der Waals surface area contributed by atoms with E-state index in [1.165, 1.54) is 29.6 Å². The SMILES string of the molecule is O=C(Cc1csc(NC(=O)c2ccc(Br)o2)n1)NS(=O)(=O)c1cccc(-c2nnco2)c1. The predicted molar refractivity (Wildman–Crippen MR) is 115 cm³/mol. The summed E-state index contributed by atoms with van der Waals surface area (Å²) in [6, 6.07) is 8.79. The van der Waals surface area contributed by atoms with Gasteiger partial charge in [0.25, 0.3) is 15.9 Å². The standard InChI is InChI=1S/C18H12BrN5O6S2/c19-14-5-4-13(30-14)16(26)22-18-21-11(8-31-18)7-15(25)24-32(27,28)12-3-1-2-10(6-12)17-23-20-9-29-17/h1-6,8-9H,7H2,(H,24,25)(H,21,22,26). The van der Waals surface area contributed by atoms with E-state index in [1.807, 2.05) is 4.72 Å². The van der Waals surface area contributed by atoms with Crippen molar-refractivity contribution in [1.82, 2.24) is 19.9 Å². The minimum atomic E-state index is -4.14. The number of rotatable bonds is 7. The lowest BCUT2D eigenvalue weighted by molar-refractivity contribution is -0.118. The smallest absolute Gasteiger partial charge is 0.293 e. The van der Waals surface area contributed by atoms with Crippen LogP contribution < -0.4 is 10.0 Å². The summed E-state index contributed by atoms with van der Waals surface area (Å²) >= 11 is 4.19. The maximum Gasteiger partial charge on any atom is 0.293 e. The molecule has 164 valence electrons. The highest BCUT2D eigenvalue weighted by Crippen LogP contribution is 2.21. The summed E-state index contributed by atoms with van der Waals surface area (Å²) in [6.45, 7) is 0. The van der Waals surface area contributed by atoms with Gasteiger partial charge >= 0.3 is 0 Å². The van der Waals surface area contributed by atoms with Crippen LogP contribution in [0.15, 0.2) is 66.6 Å². The molecule has 0 aliphatic rings. The lowest BCUT2D eigenvalue weighted by Crippen LogP contribution is -2.31. The lowest BCUT2D eigenvalue weighted by Gasteiger charge is -2.07. The van der Waals surface area contributed by atoms with E-state index in [9.17, 15) is 18.0 Å². The Morgan fingerprint density at radius 3 is 2.75 bits per heavy atom. The average molecular weight is 538 g/mol. The molecule has 2 amide bonds. The summed E-state index contributed by atoms with van der Waals surface area (Å²) in [4.78, 5) is 28.4. The number of nitrogens with zero attached hydrogens (tertiary/aromatic N) is 3. The average Bonchev–Trinajstić information content (AvgIpc) is 3.50. The molecular weight excluding hydrogens is 526 g/mol. The first kappa shape index (κ1) is 21.9. The first-order chi connectivity index (χ1) is 15.3. The van der Waals surface area contributed by atoms with Gasteiger partial charge < -0.3 is 8.83 Å². The number of thiazole rings is 1. The van der Waals surface area contributed by atoms with Gasteiger partial charge in [-0.05, 0) is 46.3 Å². The van der Waals surface area contributed by atoms with E-state index in [1.54, 1.807) is 12.1 Å². The summed E-state index contributed by atoms with van der Waals surface area (Å²) in [7, 11) is -4.14. The molecule has 4 rings (SSSR count). The van der Waals surface area contributed by atoms with Crippen molar-refractivity contribution >= 4 is 54.2 Å². The van der Waals surface area contributed by atoms with Gasteiger partial charge in [-0.3, -0.25) is 14.9 Å². The number of amides is 2. The number of carbonyl (C=O) groups is 2. The second-order valence-electron chi connectivity index (χ2n) is 6.18. The van der Waals surface area contributed by atoms with E-state index in [0.29, 0.717) is 15.9 Å². The van der Waals surface area contributed by atoms with Crippen LogP contribution in [-0.4, -0.2) is 35.4 Å². The van der Waals surface area contributed by atoms with E-state index in [2.05, 4.69) is 36.4 Å². The summed E-state index contributed by atoms with van der Waals surface area (Å²) in [5.74, 6) is -1.07. The Bertz CT molecular complexity index is 1380. The Morgan fingerprint density at radius 2 is 2.03 bits per heavy atom. The molecule has 0 radical (unpaired) electrons. The Hall–Kier alpha value is -3.36. The van der Waals surface area contributed by atoms with Crippen LogP contribution in [0.3, 0.4) is 0 Å². The van der Waals surface area contributed by atoms with Crippen molar-refractivity contribution in [1.29, 1.82) is 0 Å². The highest BCUT2D eigenvalue weighted by atomic mass is 79.9. The number of sulfonamides is 1. The molecule has 3 aromatic heterocycles. The van der Waals surface area contributed by atoms with Crippen molar-refractivity contribution in [3.05, 3.63) is 64.3 Å². The van der Waals surface area contributed by atoms with Crippen molar-refractivity contribution in [2.75, 3.05) is 5.32 Å². The van der Waals surface area contributed by atoms with Gasteiger partial charge in [-0.15, -0.1) is 21.5 Å². The van der Waals surface area contributed by atoms with Gasteiger partial charge in [0.15, 0.2) is 15.6 Å². The van der Waals surface area contributed by atoms with Gasteiger partial charge in [0.2, 0.25) is 18.2 Å². The zero-order valence-electron chi connectivity index (χ0n) is 15.8. The van der Waals surface area contributed by atoms with E-state index in [4.69, 9.17) is 8.83 Å². The monoisotopic (exact) mass is 537 g/mol. The highest BCUT2D eigenvalue weighted by molar-refractivity contribution is 9.10. The first-order valence-corrected chi connectivity index (χ1v) is 11.9. The third kappa shape index (κ3) is 5.09. The van der Waals surface area contributed by atoms with Gasteiger partial charge in [0.1, 0.15) is 0 Å². The molecule has 4 aromatic rings. The molecule has 0 aliphatic heterocycles. The molecule has 1 aromatic carbocycles. The third-order valence-corrected chi connectivity index (χ3v) is 6.51. The van der Waals surface area contributed by atoms with E-state index < -0.39 is 21.8 Å². The number of furan rings is 1. The molecule has 0 atom stereocenters. The number of aromatic nitrogens is 3. The molecule has 0 spiro atoms. The molecule has 0 aliphatic carbocycles. The molecule has 0 bridgehead atoms. The van der Waals surface area contributed by atoms with Gasteiger partial charge in [-0.1, -0.05) is 6.07 Å². The molecule has 0 saturated heterocycles. The van der Waals surface area contributed by atoms with E-state index >= 15 is 0 Å². The van der Waals surface area contributed by atoms with E-state index in [0.717, 1.165) is 17.7 Å². The number of nitrogens with one attached hydrogen (secondary N) is 2. The van der Waals surface area contributed by atoms with Crippen molar-refractivity contribution in [2.45, 2.75) is 11.3 Å². The molecule has 32 heavy (non-hydrogen) atoms. The Kier molecular flexibility index (Phi) is 6.16. The zero-order chi connectivity index (χ0) is 22.7. The second-order valence-corrected chi connectivity index (χ2v) is 9.50. The van der Waals surface area contributed by atoms with Crippen LogP contribution in [0.2, 0.25) is 0 Å². The molecule has 14 heteroatoms. The van der Waals surface area contributed by atoms with Crippen LogP contribution in [0.4, 0.5) is 5.13 Å². The molecule has 3 heterocycles. The lowest BCUT2D eigenvalue weighted by atomic mass is 10.2. The van der Waals surface area contributed by atoms with Crippen LogP contribution in [0.25, 0.3) is 11.5 Å². The van der Waals surface area contributed by atoms with Gasteiger partial charge in [0.05, 0.1) is 17.0 Å². The Labute approximate surface area is 193 Å². The summed E-state index contributed by atoms with van der Waals surface area (Å²) in [5, 5.41) is 11.6. The third-order valence-electron chi connectivity index (χ3n) is 3.91. The number of benzene rings is 1. The summed E-state index contributed by atoms with van der Waals surface area (Å²) in [6.07, 6.45) is 0.817. The molecule has 0 saturated carbocycles. The molecule has 0 fully saturated rings. The van der Waals surface area contributed by atoms with Crippen LogP contribution >= 0.6 is 27.3 Å². The Morgan fingerprint density at radius 1 is 1.19 bits per heavy atom. The van der Waals surface area contributed by atoms with Crippen LogP contribution in [0.1, 0.15) is 16.2 Å². The topological polar surface area (TPSA) is 157 Å². The van der Waals surface area contributed by atoms with Crippen molar-refractivity contribution in [2.24, 2.45) is 0 Å². The quantitative estimate of drug-likeness (QED) is 0.361. The minimum absolute atomic E-state index is 0.0835. The number of hydrogen-bond acceptors (Lipinski definition) is 10. The van der Waals surface area contributed by atoms with E-state index in [-0.39, 0.29) is 28.1 Å². The summed E-state index contributed by atoms with van der Waals surface area (Å²) < 4.78 is 37.8. The van der Waals surface area contributed by atoms with Crippen LogP contribution in [0.5, 0.6) is 0 Å². The van der Waals surface area contributed by atoms with Crippen molar-refractivity contribution in [3.63, 3.8) is 0 Å². The predicted octanol–water partition coefficient (Wildman–Crippen LogP) is 2.85. The number of hydrogen-bond donors (Lipinski definition) is 2. The zero-order valence-corrected chi connectivity index (χ0v) is 19.0. The maximum absolute atomic E-state index is 12.6. The highest BCUT2D eigenvalue weighted by Gasteiger charge is 2.20.